The molecule has 1 aromatic rings. The predicted molar refractivity (Wildman–Crippen MR) is 98.6 cm³/mol. The van der Waals surface area contributed by atoms with Gasteiger partial charge in [-0.05, 0) is 63.4 Å². The van der Waals surface area contributed by atoms with Crippen molar-refractivity contribution >= 4 is 18.3 Å². The fraction of sp³-hybridized carbons (Fsp3) is 0.611. The first-order chi connectivity index (χ1) is 11.1. The van der Waals surface area contributed by atoms with E-state index in [0.717, 1.165) is 25.9 Å². The molecule has 136 valence electrons. The van der Waals surface area contributed by atoms with Gasteiger partial charge in [0.1, 0.15) is 0 Å². The number of carbonyl (C=O) groups excluding carboxylic acids is 1. The lowest BCUT2D eigenvalue weighted by Crippen LogP contribution is -2.42. The van der Waals surface area contributed by atoms with E-state index in [0.29, 0.717) is 36.8 Å². The Hall–Kier alpha value is -1.46. The van der Waals surface area contributed by atoms with Gasteiger partial charge in [0.25, 0.3) is 5.91 Å². The van der Waals surface area contributed by atoms with Crippen molar-refractivity contribution < 1.29 is 14.3 Å². The van der Waals surface area contributed by atoms with Gasteiger partial charge in [0.15, 0.2) is 11.5 Å². The van der Waals surface area contributed by atoms with Gasteiger partial charge < -0.3 is 20.1 Å². The van der Waals surface area contributed by atoms with Crippen molar-refractivity contribution in [2.24, 2.45) is 5.41 Å². The molecule has 1 fully saturated rings. The average molecular weight is 357 g/mol. The van der Waals surface area contributed by atoms with Gasteiger partial charge in [0.05, 0.1) is 13.2 Å². The molecule has 6 heteroatoms. The molecule has 2 N–H and O–H groups in total. The van der Waals surface area contributed by atoms with E-state index < -0.39 is 0 Å². The van der Waals surface area contributed by atoms with Crippen LogP contribution in [0.5, 0.6) is 11.5 Å². The van der Waals surface area contributed by atoms with Crippen LogP contribution in [0, 0.1) is 5.41 Å². The highest BCUT2D eigenvalue weighted by Crippen LogP contribution is 2.29. The first kappa shape index (κ1) is 20.6. The van der Waals surface area contributed by atoms with Crippen LogP contribution in [0.15, 0.2) is 18.2 Å². The Labute approximate surface area is 150 Å². The number of amides is 1. The highest BCUT2D eigenvalue weighted by molar-refractivity contribution is 5.94. The second-order valence-electron chi connectivity index (χ2n) is 6.27. The lowest BCUT2D eigenvalue weighted by atomic mass is 9.81. The number of carbonyl (C=O) groups is 1. The Kier molecular flexibility index (Phi) is 8.36. The lowest BCUT2D eigenvalue weighted by molar-refractivity contribution is 0.0921. The largest absolute Gasteiger partial charge is 0.490 e. The van der Waals surface area contributed by atoms with Crippen LogP contribution in [0.4, 0.5) is 0 Å². The number of hydrogen-bond donors (Lipinski definition) is 2. The smallest absolute Gasteiger partial charge is 0.251 e. The summed E-state index contributed by atoms with van der Waals surface area (Å²) in [7, 11) is 0. The van der Waals surface area contributed by atoms with Crippen molar-refractivity contribution in [2.75, 3.05) is 32.8 Å². The third-order valence-corrected chi connectivity index (χ3v) is 4.29. The van der Waals surface area contributed by atoms with Gasteiger partial charge in [-0.25, -0.2) is 0 Å². The molecule has 1 aliphatic heterocycles. The van der Waals surface area contributed by atoms with Gasteiger partial charge >= 0.3 is 0 Å². The van der Waals surface area contributed by atoms with Crippen molar-refractivity contribution in [3.05, 3.63) is 23.8 Å². The van der Waals surface area contributed by atoms with Gasteiger partial charge in [-0.15, -0.1) is 12.4 Å². The number of hydrogen-bond acceptors (Lipinski definition) is 4. The third-order valence-electron chi connectivity index (χ3n) is 4.29. The van der Waals surface area contributed by atoms with Crippen molar-refractivity contribution in [1.82, 2.24) is 10.6 Å². The molecule has 1 aliphatic rings. The van der Waals surface area contributed by atoms with E-state index in [1.54, 1.807) is 18.2 Å². The first-order valence-corrected chi connectivity index (χ1v) is 8.46. The number of halogens is 1. The van der Waals surface area contributed by atoms with Crippen LogP contribution in [0.2, 0.25) is 0 Å². The van der Waals surface area contributed by atoms with Crippen LogP contribution in [0.1, 0.15) is 44.0 Å². The maximum absolute atomic E-state index is 12.4. The molecule has 0 aliphatic carbocycles. The van der Waals surface area contributed by atoms with Crippen LogP contribution in [0.25, 0.3) is 0 Å². The predicted octanol–water partition coefficient (Wildman–Crippen LogP) is 3.03. The summed E-state index contributed by atoms with van der Waals surface area (Å²) in [6, 6.07) is 5.35. The fourth-order valence-corrected chi connectivity index (χ4v) is 2.80. The third kappa shape index (κ3) is 5.56. The van der Waals surface area contributed by atoms with Gasteiger partial charge in [-0.1, -0.05) is 6.92 Å². The van der Waals surface area contributed by atoms with Crippen LogP contribution in [-0.4, -0.2) is 38.8 Å². The molecule has 0 spiro atoms. The molecule has 0 radical (unpaired) electrons. The summed E-state index contributed by atoms with van der Waals surface area (Å²) in [5.74, 6) is 1.24. The Bertz CT molecular complexity index is 531. The number of piperidine rings is 1. The monoisotopic (exact) mass is 356 g/mol. The summed E-state index contributed by atoms with van der Waals surface area (Å²) in [6.45, 7) is 9.92. The molecule has 2 rings (SSSR count). The zero-order valence-corrected chi connectivity index (χ0v) is 15.6. The molecule has 1 aromatic carbocycles. The molecule has 1 amide bonds. The topological polar surface area (TPSA) is 59.6 Å². The molecule has 1 saturated heterocycles. The molecule has 24 heavy (non-hydrogen) atoms. The van der Waals surface area contributed by atoms with Crippen LogP contribution < -0.4 is 20.1 Å². The van der Waals surface area contributed by atoms with Gasteiger partial charge in [0, 0.05) is 12.1 Å². The number of benzene rings is 1. The average Bonchev–Trinajstić information content (AvgIpc) is 2.55. The quantitative estimate of drug-likeness (QED) is 0.788. The molecule has 0 saturated carbocycles. The molecule has 0 atom stereocenters. The summed E-state index contributed by atoms with van der Waals surface area (Å²) in [6.07, 6.45) is 2.17. The van der Waals surface area contributed by atoms with E-state index in [9.17, 15) is 4.79 Å². The van der Waals surface area contributed by atoms with E-state index in [1.165, 1.54) is 0 Å². The molecule has 0 bridgehead atoms. The standard InChI is InChI=1S/C18H28N2O3.ClH/c1-4-22-15-7-6-14(12-16(15)23-5-2)17(21)20-13-18(3)8-10-19-11-9-18;/h6-7,12,19H,4-5,8-11,13H2,1-3H3,(H,20,21);1H. The molecular formula is C18H29ClN2O3. The maximum atomic E-state index is 12.4. The molecular weight excluding hydrogens is 328 g/mol. The zero-order chi connectivity index (χ0) is 16.7. The summed E-state index contributed by atoms with van der Waals surface area (Å²) in [5, 5.41) is 6.42. The summed E-state index contributed by atoms with van der Waals surface area (Å²) in [4.78, 5) is 12.4. The number of rotatable bonds is 7. The fourth-order valence-electron chi connectivity index (χ4n) is 2.80. The summed E-state index contributed by atoms with van der Waals surface area (Å²) in [5.41, 5.74) is 0.781. The lowest BCUT2D eigenvalue weighted by Gasteiger charge is -2.34. The van der Waals surface area contributed by atoms with E-state index >= 15 is 0 Å². The van der Waals surface area contributed by atoms with Crippen molar-refractivity contribution in [3.63, 3.8) is 0 Å². The summed E-state index contributed by atoms with van der Waals surface area (Å²) >= 11 is 0. The van der Waals surface area contributed by atoms with Gasteiger partial charge in [-0.2, -0.15) is 0 Å². The highest BCUT2D eigenvalue weighted by atomic mass is 35.5. The Morgan fingerprint density at radius 2 is 1.79 bits per heavy atom. The second-order valence-corrected chi connectivity index (χ2v) is 6.27. The SMILES string of the molecule is CCOc1ccc(C(=O)NCC2(C)CCNCC2)cc1OCC.Cl. The maximum Gasteiger partial charge on any atom is 0.251 e. The van der Waals surface area contributed by atoms with Crippen LogP contribution in [-0.2, 0) is 0 Å². The molecule has 5 nitrogen and oxygen atoms in total. The van der Waals surface area contributed by atoms with Gasteiger partial charge in [-0.3, -0.25) is 4.79 Å². The minimum Gasteiger partial charge on any atom is -0.490 e. The minimum absolute atomic E-state index is 0. The van der Waals surface area contributed by atoms with E-state index in [4.69, 9.17) is 9.47 Å². The van der Waals surface area contributed by atoms with E-state index in [1.807, 2.05) is 13.8 Å². The van der Waals surface area contributed by atoms with Crippen molar-refractivity contribution in [1.29, 1.82) is 0 Å². The Balaban J connectivity index is 0.00000288. The molecule has 0 unspecified atom stereocenters. The Morgan fingerprint density at radius 3 is 2.42 bits per heavy atom. The normalized spacial score (nSPS) is 16.0. The number of ether oxygens (including phenoxy) is 2. The minimum atomic E-state index is -0.0613. The van der Waals surface area contributed by atoms with Crippen molar-refractivity contribution in [2.45, 2.75) is 33.6 Å². The number of nitrogens with one attached hydrogen (secondary N) is 2. The van der Waals surface area contributed by atoms with Crippen molar-refractivity contribution in [3.8, 4) is 11.5 Å². The summed E-state index contributed by atoms with van der Waals surface area (Å²) < 4.78 is 11.1. The molecule has 0 aromatic heterocycles. The second kappa shape index (κ2) is 9.74. The zero-order valence-electron chi connectivity index (χ0n) is 14.8. The van der Waals surface area contributed by atoms with Crippen LogP contribution in [0.3, 0.4) is 0 Å². The van der Waals surface area contributed by atoms with Crippen LogP contribution >= 0.6 is 12.4 Å². The van der Waals surface area contributed by atoms with Gasteiger partial charge in [0.2, 0.25) is 0 Å². The van der Waals surface area contributed by atoms with E-state index in [-0.39, 0.29) is 23.7 Å². The first-order valence-electron chi connectivity index (χ1n) is 8.46. The highest BCUT2D eigenvalue weighted by Gasteiger charge is 2.27. The molecule has 1 heterocycles. The van der Waals surface area contributed by atoms with E-state index in [2.05, 4.69) is 17.6 Å². The Morgan fingerprint density at radius 1 is 1.17 bits per heavy atom.